The average molecular weight is 243 g/mol. The van der Waals surface area contributed by atoms with Crippen LogP contribution in [-0.4, -0.2) is 73.9 Å². The summed E-state index contributed by atoms with van der Waals surface area (Å²) in [4.78, 5) is 4.87. The molecular weight excluding hydrogens is 214 g/mol. The number of hydrogen-bond acceptors (Lipinski definition) is 4. The van der Waals surface area contributed by atoms with E-state index in [0.717, 1.165) is 19.5 Å². The van der Waals surface area contributed by atoms with Gasteiger partial charge in [0, 0.05) is 45.3 Å². The van der Waals surface area contributed by atoms with Gasteiger partial charge in [0.15, 0.2) is 0 Å². The number of likely N-dealkylation sites (N-methyl/N-ethyl adjacent to an activating group) is 1. The average Bonchev–Trinajstić information content (AvgIpc) is 2.30. The van der Waals surface area contributed by atoms with Crippen LogP contribution in [0.3, 0.4) is 0 Å². The molecule has 4 nitrogen and oxygen atoms in total. The van der Waals surface area contributed by atoms with Gasteiger partial charge >= 0.3 is 0 Å². The van der Waals surface area contributed by atoms with Crippen molar-refractivity contribution in [3.05, 3.63) is 0 Å². The minimum absolute atomic E-state index is 0.251. The maximum absolute atomic E-state index is 9.26. The van der Waals surface area contributed by atoms with Crippen molar-refractivity contribution in [2.45, 2.75) is 26.3 Å². The largest absolute Gasteiger partial charge is 0.395 e. The first kappa shape index (κ1) is 14.9. The molecule has 102 valence electrons. The topological polar surface area (TPSA) is 38.7 Å². The lowest BCUT2D eigenvalue weighted by atomic mass is 10.0. The molecule has 0 spiro atoms. The standard InChI is InChI=1S/C13H29N3O/c1-12(2)10-13(11-17)14-4-5-16-8-6-15(3)7-9-16/h12-14,17H,4-11H2,1-3H3. The van der Waals surface area contributed by atoms with E-state index in [0.29, 0.717) is 5.92 Å². The lowest BCUT2D eigenvalue weighted by molar-refractivity contribution is 0.149. The van der Waals surface area contributed by atoms with Crippen LogP contribution in [0.1, 0.15) is 20.3 Å². The SMILES string of the molecule is CC(C)CC(CO)NCCN1CCN(C)CC1. The van der Waals surface area contributed by atoms with Gasteiger partial charge in [0.2, 0.25) is 0 Å². The molecule has 0 aromatic rings. The van der Waals surface area contributed by atoms with Crippen LogP contribution in [0.2, 0.25) is 0 Å². The summed E-state index contributed by atoms with van der Waals surface area (Å²) in [5, 5.41) is 12.7. The van der Waals surface area contributed by atoms with E-state index >= 15 is 0 Å². The van der Waals surface area contributed by atoms with Gasteiger partial charge in [-0.3, -0.25) is 4.90 Å². The van der Waals surface area contributed by atoms with Gasteiger partial charge in [-0.25, -0.2) is 0 Å². The van der Waals surface area contributed by atoms with Crippen LogP contribution in [0.15, 0.2) is 0 Å². The zero-order valence-electron chi connectivity index (χ0n) is 11.7. The number of nitrogens with one attached hydrogen (secondary N) is 1. The molecule has 1 aliphatic rings. The highest BCUT2D eigenvalue weighted by molar-refractivity contribution is 4.72. The number of hydrogen-bond donors (Lipinski definition) is 2. The third kappa shape index (κ3) is 6.36. The van der Waals surface area contributed by atoms with Gasteiger partial charge in [-0.1, -0.05) is 13.8 Å². The van der Waals surface area contributed by atoms with Crippen molar-refractivity contribution in [2.75, 3.05) is 52.9 Å². The van der Waals surface area contributed by atoms with Crippen LogP contribution < -0.4 is 5.32 Å². The van der Waals surface area contributed by atoms with Crippen molar-refractivity contribution in [3.8, 4) is 0 Å². The second-order valence-electron chi connectivity index (χ2n) is 5.61. The van der Waals surface area contributed by atoms with E-state index in [1.54, 1.807) is 0 Å². The molecule has 1 heterocycles. The quantitative estimate of drug-likeness (QED) is 0.671. The maximum Gasteiger partial charge on any atom is 0.0584 e. The summed E-state index contributed by atoms with van der Waals surface area (Å²) in [7, 11) is 2.18. The van der Waals surface area contributed by atoms with E-state index in [9.17, 15) is 5.11 Å². The van der Waals surface area contributed by atoms with Gasteiger partial charge < -0.3 is 15.3 Å². The minimum atomic E-state index is 0.251. The van der Waals surface area contributed by atoms with Crippen molar-refractivity contribution < 1.29 is 5.11 Å². The Labute approximate surface area is 106 Å². The number of piperazine rings is 1. The molecular formula is C13H29N3O. The fraction of sp³-hybridized carbons (Fsp3) is 1.00. The van der Waals surface area contributed by atoms with Crippen molar-refractivity contribution >= 4 is 0 Å². The van der Waals surface area contributed by atoms with Gasteiger partial charge in [-0.15, -0.1) is 0 Å². The van der Waals surface area contributed by atoms with Crippen LogP contribution in [0, 0.1) is 5.92 Å². The fourth-order valence-electron chi connectivity index (χ4n) is 2.29. The van der Waals surface area contributed by atoms with Crippen molar-refractivity contribution in [1.82, 2.24) is 15.1 Å². The van der Waals surface area contributed by atoms with Gasteiger partial charge in [-0.2, -0.15) is 0 Å². The van der Waals surface area contributed by atoms with Gasteiger partial charge in [0.25, 0.3) is 0 Å². The zero-order valence-corrected chi connectivity index (χ0v) is 11.7. The maximum atomic E-state index is 9.26. The molecule has 0 radical (unpaired) electrons. The van der Waals surface area contributed by atoms with Crippen molar-refractivity contribution in [3.63, 3.8) is 0 Å². The Morgan fingerprint density at radius 1 is 1.18 bits per heavy atom. The first-order valence-electron chi connectivity index (χ1n) is 6.87. The molecule has 0 aromatic carbocycles. The second-order valence-corrected chi connectivity index (χ2v) is 5.61. The fourth-order valence-corrected chi connectivity index (χ4v) is 2.29. The second kappa shape index (κ2) is 8.03. The van der Waals surface area contributed by atoms with Crippen LogP contribution in [0.4, 0.5) is 0 Å². The Morgan fingerprint density at radius 2 is 1.82 bits per heavy atom. The van der Waals surface area contributed by atoms with E-state index in [1.165, 1.54) is 26.2 Å². The number of aliphatic hydroxyl groups is 1. The Kier molecular flexibility index (Phi) is 7.04. The lowest BCUT2D eigenvalue weighted by Gasteiger charge is -2.32. The Balaban J connectivity index is 2.09. The number of aliphatic hydroxyl groups excluding tert-OH is 1. The van der Waals surface area contributed by atoms with Crippen LogP contribution in [-0.2, 0) is 0 Å². The smallest absolute Gasteiger partial charge is 0.0584 e. The Hall–Kier alpha value is -0.160. The summed E-state index contributed by atoms with van der Waals surface area (Å²) in [5.74, 6) is 0.642. The molecule has 1 rings (SSSR count). The first-order chi connectivity index (χ1) is 8.11. The molecule has 0 amide bonds. The summed E-state index contributed by atoms with van der Waals surface area (Å²) >= 11 is 0. The molecule has 1 aliphatic heterocycles. The van der Waals surface area contributed by atoms with Crippen LogP contribution in [0.25, 0.3) is 0 Å². The van der Waals surface area contributed by atoms with Crippen molar-refractivity contribution in [2.24, 2.45) is 5.92 Å². The van der Waals surface area contributed by atoms with E-state index in [4.69, 9.17) is 0 Å². The molecule has 2 N–H and O–H groups in total. The molecule has 1 fully saturated rings. The predicted molar refractivity (Wildman–Crippen MR) is 72.3 cm³/mol. The van der Waals surface area contributed by atoms with E-state index < -0.39 is 0 Å². The summed E-state index contributed by atoms with van der Waals surface area (Å²) in [5.41, 5.74) is 0. The van der Waals surface area contributed by atoms with E-state index in [2.05, 4.69) is 36.0 Å². The minimum Gasteiger partial charge on any atom is -0.395 e. The van der Waals surface area contributed by atoms with Crippen LogP contribution in [0.5, 0.6) is 0 Å². The molecule has 0 bridgehead atoms. The molecule has 0 saturated carbocycles. The third-order valence-corrected chi connectivity index (χ3v) is 3.43. The summed E-state index contributed by atoms with van der Waals surface area (Å²) < 4.78 is 0. The third-order valence-electron chi connectivity index (χ3n) is 3.43. The highest BCUT2D eigenvalue weighted by atomic mass is 16.3. The Bertz CT molecular complexity index is 191. The summed E-state index contributed by atoms with van der Waals surface area (Å²) in [6.45, 7) is 11.4. The molecule has 4 heteroatoms. The normalized spacial score (nSPS) is 21.0. The first-order valence-corrected chi connectivity index (χ1v) is 6.87. The molecule has 1 unspecified atom stereocenters. The number of rotatable bonds is 7. The summed E-state index contributed by atoms with van der Waals surface area (Å²) in [6.07, 6.45) is 1.05. The van der Waals surface area contributed by atoms with Crippen molar-refractivity contribution in [1.29, 1.82) is 0 Å². The number of nitrogens with zero attached hydrogens (tertiary/aromatic N) is 2. The highest BCUT2D eigenvalue weighted by Crippen LogP contribution is 2.04. The predicted octanol–water partition coefficient (Wildman–Crippen LogP) is 0.230. The zero-order chi connectivity index (χ0) is 12.7. The Morgan fingerprint density at radius 3 is 2.35 bits per heavy atom. The lowest BCUT2D eigenvalue weighted by Crippen LogP contribution is -2.47. The summed E-state index contributed by atoms with van der Waals surface area (Å²) in [6, 6.07) is 0.266. The molecule has 17 heavy (non-hydrogen) atoms. The van der Waals surface area contributed by atoms with Gasteiger partial charge in [0.05, 0.1) is 6.61 Å². The van der Waals surface area contributed by atoms with Crippen LogP contribution >= 0.6 is 0 Å². The highest BCUT2D eigenvalue weighted by Gasteiger charge is 2.14. The molecule has 0 aliphatic carbocycles. The monoisotopic (exact) mass is 243 g/mol. The molecule has 1 saturated heterocycles. The van der Waals surface area contributed by atoms with Gasteiger partial charge in [-0.05, 0) is 19.4 Å². The van der Waals surface area contributed by atoms with Gasteiger partial charge in [0.1, 0.15) is 0 Å². The molecule has 1 atom stereocenters. The molecule has 0 aromatic heterocycles. The van der Waals surface area contributed by atoms with E-state index in [-0.39, 0.29) is 12.6 Å². The van der Waals surface area contributed by atoms with E-state index in [1.807, 2.05) is 0 Å².